The highest BCUT2D eigenvalue weighted by atomic mass is 16.2. The fourth-order valence-corrected chi connectivity index (χ4v) is 3.51. The zero-order valence-corrected chi connectivity index (χ0v) is 15.7. The van der Waals surface area contributed by atoms with Crippen LogP contribution in [0.4, 0.5) is 17.1 Å². The predicted octanol–water partition coefficient (Wildman–Crippen LogP) is 5.14. The number of nitrogens with zero attached hydrogens (tertiary/aromatic N) is 1. The number of rotatable bonds is 1. The van der Waals surface area contributed by atoms with E-state index in [-0.39, 0.29) is 23.7 Å². The van der Waals surface area contributed by atoms with E-state index in [4.69, 9.17) is 0 Å². The number of carbonyl (C=O) groups is 2. The van der Waals surface area contributed by atoms with Gasteiger partial charge >= 0.3 is 0 Å². The lowest BCUT2D eigenvalue weighted by Gasteiger charge is -2.25. The maximum atomic E-state index is 12.9. The van der Waals surface area contributed by atoms with Crippen molar-refractivity contribution in [1.29, 1.82) is 0 Å². The molecule has 0 fully saturated rings. The second-order valence-electron chi connectivity index (χ2n) is 7.93. The van der Waals surface area contributed by atoms with Gasteiger partial charge in [0.1, 0.15) is 6.42 Å². The van der Waals surface area contributed by atoms with E-state index in [2.05, 4.69) is 26.1 Å². The number of hydrogen-bond donors (Lipinski definition) is 1. The van der Waals surface area contributed by atoms with Crippen molar-refractivity contribution in [3.05, 3.63) is 66.2 Å². The van der Waals surface area contributed by atoms with Crippen LogP contribution in [0.1, 0.15) is 32.8 Å². The topological polar surface area (TPSA) is 49.4 Å². The Bertz CT molecular complexity index is 1050. The summed E-state index contributed by atoms with van der Waals surface area (Å²) in [7, 11) is 0. The van der Waals surface area contributed by atoms with Crippen molar-refractivity contribution in [1.82, 2.24) is 0 Å². The molecule has 0 saturated carbocycles. The molecule has 0 aromatic heterocycles. The van der Waals surface area contributed by atoms with E-state index in [0.29, 0.717) is 11.4 Å². The minimum absolute atomic E-state index is 0.0347. The zero-order chi connectivity index (χ0) is 19.2. The first-order valence-corrected chi connectivity index (χ1v) is 9.10. The molecule has 2 amide bonds. The number of amides is 2. The molecular weight excluding hydrogens is 336 g/mol. The molecule has 3 aromatic carbocycles. The predicted molar refractivity (Wildman–Crippen MR) is 109 cm³/mol. The maximum absolute atomic E-state index is 12.9. The quantitative estimate of drug-likeness (QED) is 0.612. The number of hydrogen-bond acceptors (Lipinski definition) is 2. The van der Waals surface area contributed by atoms with Crippen molar-refractivity contribution in [2.45, 2.75) is 32.6 Å². The van der Waals surface area contributed by atoms with Crippen LogP contribution in [0.3, 0.4) is 0 Å². The van der Waals surface area contributed by atoms with Crippen LogP contribution >= 0.6 is 0 Å². The summed E-state index contributed by atoms with van der Waals surface area (Å²) in [5, 5.41) is 4.88. The molecule has 4 heteroatoms. The first kappa shape index (κ1) is 17.3. The van der Waals surface area contributed by atoms with Crippen LogP contribution in [0, 0.1) is 0 Å². The summed E-state index contributed by atoms with van der Waals surface area (Å²) in [4.78, 5) is 26.8. The number of carbonyl (C=O) groups excluding carboxylic acids is 2. The van der Waals surface area contributed by atoms with E-state index in [9.17, 15) is 9.59 Å². The number of benzene rings is 3. The third-order valence-electron chi connectivity index (χ3n) is 4.97. The van der Waals surface area contributed by atoms with Crippen molar-refractivity contribution in [2.75, 3.05) is 10.2 Å². The van der Waals surface area contributed by atoms with Gasteiger partial charge in [0.25, 0.3) is 0 Å². The average molecular weight is 358 g/mol. The number of nitrogens with one attached hydrogen (secondary N) is 1. The molecule has 1 aliphatic heterocycles. The molecule has 136 valence electrons. The van der Waals surface area contributed by atoms with Gasteiger partial charge in [0.05, 0.1) is 11.4 Å². The summed E-state index contributed by atoms with van der Waals surface area (Å²) in [6.45, 7) is 6.47. The third kappa shape index (κ3) is 3.08. The highest BCUT2D eigenvalue weighted by Crippen LogP contribution is 2.40. The van der Waals surface area contributed by atoms with Crippen molar-refractivity contribution >= 4 is 39.6 Å². The van der Waals surface area contributed by atoms with Crippen molar-refractivity contribution < 1.29 is 9.59 Å². The molecule has 3 aromatic rings. The Morgan fingerprint density at radius 1 is 0.889 bits per heavy atom. The van der Waals surface area contributed by atoms with Gasteiger partial charge in [-0.15, -0.1) is 0 Å². The van der Waals surface area contributed by atoms with Gasteiger partial charge in [0, 0.05) is 11.1 Å². The van der Waals surface area contributed by atoms with Gasteiger partial charge in [-0.05, 0) is 34.6 Å². The van der Waals surface area contributed by atoms with E-state index in [1.807, 2.05) is 60.7 Å². The molecule has 4 nitrogen and oxygen atoms in total. The Morgan fingerprint density at radius 2 is 1.59 bits per heavy atom. The summed E-state index contributed by atoms with van der Waals surface area (Å²) in [6, 6.07) is 19.7. The van der Waals surface area contributed by atoms with Crippen LogP contribution in [-0.2, 0) is 15.0 Å². The van der Waals surface area contributed by atoms with Gasteiger partial charge in [0.2, 0.25) is 11.8 Å². The molecule has 1 heterocycles. The Hall–Kier alpha value is -3.14. The van der Waals surface area contributed by atoms with Crippen LogP contribution in [0.5, 0.6) is 0 Å². The third-order valence-corrected chi connectivity index (χ3v) is 4.97. The zero-order valence-electron chi connectivity index (χ0n) is 15.7. The van der Waals surface area contributed by atoms with Crippen LogP contribution in [0.2, 0.25) is 0 Å². The Morgan fingerprint density at radius 3 is 2.30 bits per heavy atom. The van der Waals surface area contributed by atoms with Gasteiger partial charge in [-0.3, -0.25) is 14.5 Å². The summed E-state index contributed by atoms with van der Waals surface area (Å²) >= 11 is 0. The van der Waals surface area contributed by atoms with Gasteiger partial charge in [-0.1, -0.05) is 63.2 Å². The highest BCUT2D eigenvalue weighted by Gasteiger charge is 2.28. The Kier molecular flexibility index (Phi) is 3.99. The van der Waals surface area contributed by atoms with Gasteiger partial charge < -0.3 is 5.32 Å². The lowest BCUT2D eigenvalue weighted by Crippen LogP contribution is -2.26. The molecule has 1 N–H and O–H groups in total. The minimum Gasteiger partial charge on any atom is -0.323 e. The summed E-state index contributed by atoms with van der Waals surface area (Å²) in [5.41, 5.74) is 3.38. The highest BCUT2D eigenvalue weighted by molar-refractivity contribution is 6.21. The number of anilines is 3. The van der Waals surface area contributed by atoms with E-state index >= 15 is 0 Å². The average Bonchev–Trinajstić information content (AvgIpc) is 2.75. The van der Waals surface area contributed by atoms with E-state index in [0.717, 1.165) is 16.5 Å². The Labute approximate surface area is 158 Å². The monoisotopic (exact) mass is 358 g/mol. The molecule has 0 saturated heterocycles. The van der Waals surface area contributed by atoms with Gasteiger partial charge in [-0.25, -0.2) is 0 Å². The lowest BCUT2D eigenvalue weighted by atomic mass is 9.87. The van der Waals surface area contributed by atoms with Crippen molar-refractivity contribution in [2.24, 2.45) is 0 Å². The second-order valence-corrected chi connectivity index (χ2v) is 7.93. The molecular formula is C23H22N2O2. The smallest absolute Gasteiger partial charge is 0.241 e. The molecule has 1 aliphatic rings. The van der Waals surface area contributed by atoms with Crippen molar-refractivity contribution in [3.8, 4) is 0 Å². The first-order valence-electron chi connectivity index (χ1n) is 9.10. The summed E-state index contributed by atoms with van der Waals surface area (Å²) in [6.07, 6.45) is -0.177. The molecule has 0 unspecified atom stereocenters. The molecule has 0 spiro atoms. The van der Waals surface area contributed by atoms with Crippen LogP contribution in [0.15, 0.2) is 60.7 Å². The van der Waals surface area contributed by atoms with Crippen LogP contribution in [0.25, 0.3) is 10.8 Å². The lowest BCUT2D eigenvalue weighted by molar-refractivity contribution is -0.124. The standard InChI is InChI=1S/C23H22N2O2/c1-23(2,3)16-9-11-17(12-10-16)25-19-13-8-15-6-4-5-7-18(15)22(19)24-20(26)14-21(25)27/h4-13H,14H2,1-3H3,(H,24,26). The fourth-order valence-electron chi connectivity index (χ4n) is 3.51. The normalized spacial score (nSPS) is 14.7. The van der Waals surface area contributed by atoms with Crippen LogP contribution < -0.4 is 10.2 Å². The largest absolute Gasteiger partial charge is 0.323 e. The first-order chi connectivity index (χ1) is 12.8. The van der Waals surface area contributed by atoms with E-state index in [1.54, 1.807) is 4.90 Å². The molecule has 27 heavy (non-hydrogen) atoms. The summed E-state index contributed by atoms with van der Waals surface area (Å²) in [5.74, 6) is -0.517. The Balaban J connectivity index is 1.89. The minimum atomic E-state index is -0.286. The molecule has 0 atom stereocenters. The SMILES string of the molecule is CC(C)(C)c1ccc(N2C(=O)CC(=O)Nc3c2ccc2ccccc32)cc1. The van der Waals surface area contributed by atoms with E-state index in [1.165, 1.54) is 5.56 Å². The van der Waals surface area contributed by atoms with Gasteiger partial charge in [-0.2, -0.15) is 0 Å². The molecule has 0 bridgehead atoms. The fraction of sp³-hybridized carbons (Fsp3) is 0.217. The van der Waals surface area contributed by atoms with Crippen molar-refractivity contribution in [3.63, 3.8) is 0 Å². The molecule has 0 aliphatic carbocycles. The molecule has 4 rings (SSSR count). The van der Waals surface area contributed by atoms with Crippen LogP contribution in [-0.4, -0.2) is 11.8 Å². The molecule has 0 radical (unpaired) electrons. The van der Waals surface area contributed by atoms with E-state index < -0.39 is 0 Å². The number of fused-ring (bicyclic) bond motifs is 3. The second kappa shape index (κ2) is 6.23. The summed E-state index contributed by atoms with van der Waals surface area (Å²) < 4.78 is 0. The van der Waals surface area contributed by atoms with Gasteiger partial charge in [0.15, 0.2) is 0 Å². The maximum Gasteiger partial charge on any atom is 0.241 e.